The van der Waals surface area contributed by atoms with Gasteiger partial charge in [-0.3, -0.25) is 4.90 Å². The molecule has 2 rings (SSSR count). The molecule has 0 aliphatic carbocycles. The summed E-state index contributed by atoms with van der Waals surface area (Å²) in [6.07, 6.45) is 1.34. The summed E-state index contributed by atoms with van der Waals surface area (Å²) in [5.41, 5.74) is -0.525. The Bertz CT molecular complexity index is 698. The average molecular weight is 463 g/mol. The Morgan fingerprint density at radius 1 is 1.29 bits per heavy atom. The molecule has 0 atom stereocenters. The molecule has 112 valence electrons. The van der Waals surface area contributed by atoms with E-state index in [0.29, 0.717) is 5.82 Å². The summed E-state index contributed by atoms with van der Waals surface area (Å²) in [6, 6.07) is 5.95. The molecule has 0 saturated heterocycles. The topological polar surface area (TPSA) is 42.4 Å². The first-order chi connectivity index (χ1) is 9.67. The van der Waals surface area contributed by atoms with Gasteiger partial charge in [0.15, 0.2) is 0 Å². The zero-order valence-corrected chi connectivity index (χ0v) is 16.0. The standard InChI is InChI=1S/C15H16BrIN2O2/c1-15(2,3)21-14(20)19(4)13-7-9-6-12(17)11(16)5-10(9)8-18-13/h5-8H,1-4H3. The first-order valence-electron chi connectivity index (χ1n) is 6.39. The second-order valence-corrected chi connectivity index (χ2v) is 7.71. The summed E-state index contributed by atoms with van der Waals surface area (Å²) in [5.74, 6) is 0.565. The van der Waals surface area contributed by atoms with Crippen LogP contribution in [-0.4, -0.2) is 23.7 Å². The van der Waals surface area contributed by atoms with Crippen molar-refractivity contribution in [2.24, 2.45) is 0 Å². The van der Waals surface area contributed by atoms with Crippen molar-refractivity contribution in [1.82, 2.24) is 4.98 Å². The van der Waals surface area contributed by atoms with Gasteiger partial charge < -0.3 is 4.74 Å². The summed E-state index contributed by atoms with van der Waals surface area (Å²) < 4.78 is 7.49. The maximum absolute atomic E-state index is 12.1. The molecule has 0 aliphatic rings. The van der Waals surface area contributed by atoms with Crippen molar-refractivity contribution in [2.75, 3.05) is 11.9 Å². The molecule has 0 aliphatic heterocycles. The minimum Gasteiger partial charge on any atom is -0.443 e. The predicted molar refractivity (Wildman–Crippen MR) is 96.8 cm³/mol. The van der Waals surface area contributed by atoms with Crippen LogP contribution in [0, 0.1) is 3.57 Å². The summed E-state index contributed by atoms with van der Waals surface area (Å²) in [4.78, 5) is 17.8. The Morgan fingerprint density at radius 2 is 1.95 bits per heavy atom. The third-order valence-corrected chi connectivity index (χ3v) is 5.05. The predicted octanol–water partition coefficient (Wildman–Crippen LogP) is 4.97. The molecule has 6 heteroatoms. The summed E-state index contributed by atoms with van der Waals surface area (Å²) in [5, 5.41) is 2.05. The van der Waals surface area contributed by atoms with Crippen LogP contribution in [0.3, 0.4) is 0 Å². The second-order valence-electron chi connectivity index (χ2n) is 5.70. The summed E-state index contributed by atoms with van der Waals surface area (Å²) >= 11 is 5.76. The SMILES string of the molecule is CN(C(=O)OC(C)(C)C)c1cc2cc(I)c(Br)cc2cn1. The molecule has 0 N–H and O–H groups in total. The molecule has 0 saturated carbocycles. The van der Waals surface area contributed by atoms with E-state index < -0.39 is 11.7 Å². The van der Waals surface area contributed by atoms with E-state index in [1.54, 1.807) is 13.2 Å². The highest BCUT2D eigenvalue weighted by Crippen LogP contribution is 2.27. The Hall–Kier alpha value is -0.890. The van der Waals surface area contributed by atoms with Gasteiger partial charge in [0.2, 0.25) is 0 Å². The molecule has 2 aromatic rings. The van der Waals surface area contributed by atoms with Crippen molar-refractivity contribution in [2.45, 2.75) is 26.4 Å². The van der Waals surface area contributed by atoms with Crippen molar-refractivity contribution in [1.29, 1.82) is 0 Å². The highest BCUT2D eigenvalue weighted by molar-refractivity contribution is 14.1. The molecule has 1 heterocycles. The Balaban J connectivity index is 2.34. The van der Waals surface area contributed by atoms with Gasteiger partial charge in [0, 0.05) is 26.7 Å². The van der Waals surface area contributed by atoms with Crippen LogP contribution in [0.2, 0.25) is 0 Å². The van der Waals surface area contributed by atoms with E-state index in [1.807, 2.05) is 39.0 Å². The summed E-state index contributed by atoms with van der Waals surface area (Å²) in [6.45, 7) is 5.52. The zero-order chi connectivity index (χ0) is 15.8. The van der Waals surface area contributed by atoms with Crippen LogP contribution in [0.25, 0.3) is 10.8 Å². The smallest absolute Gasteiger partial charge is 0.415 e. The molecule has 0 bridgehead atoms. The van der Waals surface area contributed by atoms with Crippen molar-refractivity contribution in [3.63, 3.8) is 0 Å². The van der Waals surface area contributed by atoms with Gasteiger partial charge in [-0.2, -0.15) is 0 Å². The lowest BCUT2D eigenvalue weighted by molar-refractivity contribution is 0.0588. The Morgan fingerprint density at radius 3 is 2.57 bits per heavy atom. The molecular weight excluding hydrogens is 447 g/mol. The molecule has 0 radical (unpaired) electrons. The monoisotopic (exact) mass is 462 g/mol. The molecule has 1 amide bonds. The number of ether oxygens (including phenoxy) is 1. The van der Waals surface area contributed by atoms with Crippen LogP contribution < -0.4 is 4.90 Å². The van der Waals surface area contributed by atoms with Gasteiger partial charge in [-0.25, -0.2) is 9.78 Å². The molecule has 1 aromatic carbocycles. The lowest BCUT2D eigenvalue weighted by atomic mass is 10.2. The van der Waals surface area contributed by atoms with Gasteiger partial charge in [-0.15, -0.1) is 0 Å². The van der Waals surface area contributed by atoms with E-state index in [2.05, 4.69) is 43.5 Å². The maximum Gasteiger partial charge on any atom is 0.415 e. The minimum absolute atomic E-state index is 0.416. The van der Waals surface area contributed by atoms with Gasteiger partial charge in [-0.1, -0.05) is 0 Å². The maximum atomic E-state index is 12.1. The number of anilines is 1. The molecule has 0 spiro atoms. The van der Waals surface area contributed by atoms with Crippen molar-refractivity contribution < 1.29 is 9.53 Å². The number of fused-ring (bicyclic) bond motifs is 1. The van der Waals surface area contributed by atoms with E-state index in [0.717, 1.165) is 18.8 Å². The van der Waals surface area contributed by atoms with Crippen LogP contribution in [-0.2, 0) is 4.74 Å². The van der Waals surface area contributed by atoms with E-state index in [-0.39, 0.29) is 0 Å². The number of amides is 1. The van der Waals surface area contributed by atoms with Crippen molar-refractivity contribution in [3.05, 3.63) is 32.4 Å². The third kappa shape index (κ3) is 4.06. The van der Waals surface area contributed by atoms with Gasteiger partial charge in [0.05, 0.1) is 0 Å². The number of hydrogen-bond donors (Lipinski definition) is 0. The summed E-state index contributed by atoms with van der Waals surface area (Å²) in [7, 11) is 1.66. The van der Waals surface area contributed by atoms with Crippen LogP contribution in [0.1, 0.15) is 20.8 Å². The number of carbonyl (C=O) groups excluding carboxylic acids is 1. The number of carbonyl (C=O) groups is 1. The molecular formula is C15H16BrIN2O2. The first kappa shape index (κ1) is 16.5. The average Bonchev–Trinajstić information content (AvgIpc) is 2.36. The molecule has 1 aromatic heterocycles. The number of benzene rings is 1. The van der Waals surface area contributed by atoms with Crippen LogP contribution >= 0.6 is 38.5 Å². The van der Waals surface area contributed by atoms with Crippen molar-refractivity contribution >= 4 is 61.2 Å². The highest BCUT2D eigenvalue weighted by atomic mass is 127. The fraction of sp³-hybridized carbons (Fsp3) is 0.333. The largest absolute Gasteiger partial charge is 0.443 e. The fourth-order valence-corrected chi connectivity index (χ4v) is 2.59. The third-order valence-electron chi connectivity index (χ3n) is 2.76. The van der Waals surface area contributed by atoms with E-state index in [1.165, 1.54) is 4.90 Å². The van der Waals surface area contributed by atoms with Crippen molar-refractivity contribution in [3.8, 4) is 0 Å². The Kier molecular flexibility index (Phi) is 4.77. The zero-order valence-electron chi connectivity index (χ0n) is 12.3. The molecule has 0 unspecified atom stereocenters. The van der Waals surface area contributed by atoms with Gasteiger partial charge >= 0.3 is 6.09 Å². The normalized spacial score (nSPS) is 11.5. The number of pyridine rings is 1. The van der Waals surface area contributed by atoms with E-state index in [9.17, 15) is 4.79 Å². The highest BCUT2D eigenvalue weighted by Gasteiger charge is 2.21. The lowest BCUT2D eigenvalue weighted by Crippen LogP contribution is -2.34. The van der Waals surface area contributed by atoms with E-state index in [4.69, 9.17) is 4.74 Å². The minimum atomic E-state index is -0.525. The lowest BCUT2D eigenvalue weighted by Gasteiger charge is -2.24. The number of aromatic nitrogens is 1. The van der Waals surface area contributed by atoms with Gasteiger partial charge in [-0.05, 0) is 82.9 Å². The number of nitrogens with zero attached hydrogens (tertiary/aromatic N) is 2. The van der Waals surface area contributed by atoms with E-state index >= 15 is 0 Å². The van der Waals surface area contributed by atoms with Crippen LogP contribution in [0.4, 0.5) is 10.6 Å². The van der Waals surface area contributed by atoms with Crippen LogP contribution in [0.15, 0.2) is 28.9 Å². The Labute approximate surface area is 146 Å². The van der Waals surface area contributed by atoms with Gasteiger partial charge in [0.1, 0.15) is 11.4 Å². The quantitative estimate of drug-likeness (QED) is 0.561. The van der Waals surface area contributed by atoms with Gasteiger partial charge in [0.25, 0.3) is 0 Å². The second kappa shape index (κ2) is 6.08. The first-order valence-corrected chi connectivity index (χ1v) is 8.26. The van der Waals surface area contributed by atoms with Crippen LogP contribution in [0.5, 0.6) is 0 Å². The molecule has 4 nitrogen and oxygen atoms in total. The number of hydrogen-bond acceptors (Lipinski definition) is 3. The fourth-order valence-electron chi connectivity index (χ4n) is 1.73. The molecule has 21 heavy (non-hydrogen) atoms. The number of halogens is 2. The molecule has 0 fully saturated rings. The number of rotatable bonds is 1.